The summed E-state index contributed by atoms with van der Waals surface area (Å²) in [6.07, 6.45) is -0.174. The molecule has 4 heteroatoms. The number of aliphatic hydroxyl groups excluding tert-OH is 2. The van der Waals surface area contributed by atoms with E-state index in [4.69, 9.17) is 5.11 Å². The van der Waals surface area contributed by atoms with Crippen molar-refractivity contribution in [1.82, 2.24) is 0 Å². The van der Waals surface area contributed by atoms with E-state index in [0.29, 0.717) is 24.0 Å². The van der Waals surface area contributed by atoms with Gasteiger partial charge in [0.1, 0.15) is 18.4 Å². The molecule has 0 fully saturated rings. The van der Waals surface area contributed by atoms with E-state index in [2.05, 4.69) is 0 Å². The number of rotatable bonds is 6. The number of hydrogen-bond donors (Lipinski definition) is 2. The Kier molecular flexibility index (Phi) is 5.13. The van der Waals surface area contributed by atoms with Gasteiger partial charge < -0.3 is 14.7 Å². The molecule has 2 N–H and O–H groups in total. The number of ketones is 1. The highest BCUT2D eigenvalue weighted by atomic mass is 16.3. The second-order valence-electron chi connectivity index (χ2n) is 4.13. The Morgan fingerprint density at radius 2 is 2.00 bits per heavy atom. The Morgan fingerprint density at radius 3 is 2.38 bits per heavy atom. The number of quaternary nitrogens is 1. The molecule has 0 radical (unpaired) electrons. The lowest BCUT2D eigenvalue weighted by Gasteiger charge is -2.31. The smallest absolute Gasteiger partial charge is 0.135 e. The van der Waals surface area contributed by atoms with Crippen LogP contribution in [0.2, 0.25) is 0 Å². The normalized spacial score (nSPS) is 14.2. The second kappa shape index (κ2) is 5.32. The first-order valence-electron chi connectivity index (χ1n) is 4.48. The number of carbonyl (C=O) groups excluding carboxylic acids is 1. The van der Waals surface area contributed by atoms with Crippen LogP contribution in [0.5, 0.6) is 0 Å². The van der Waals surface area contributed by atoms with Crippen LogP contribution >= 0.6 is 0 Å². The molecule has 0 amide bonds. The Labute approximate surface area is 79.4 Å². The molecule has 0 aliphatic heterocycles. The first-order valence-corrected chi connectivity index (χ1v) is 4.48. The van der Waals surface area contributed by atoms with Gasteiger partial charge in [-0.1, -0.05) is 0 Å². The molecule has 0 bridgehead atoms. The summed E-state index contributed by atoms with van der Waals surface area (Å²) in [7, 11) is 3.86. The zero-order valence-corrected chi connectivity index (χ0v) is 8.66. The maximum Gasteiger partial charge on any atom is 0.135 e. The van der Waals surface area contributed by atoms with E-state index in [1.54, 1.807) is 6.92 Å². The van der Waals surface area contributed by atoms with E-state index in [1.165, 1.54) is 0 Å². The van der Waals surface area contributed by atoms with Crippen molar-refractivity contribution < 1.29 is 19.5 Å². The second-order valence-corrected chi connectivity index (χ2v) is 4.13. The van der Waals surface area contributed by atoms with E-state index in [9.17, 15) is 9.90 Å². The molecule has 0 heterocycles. The van der Waals surface area contributed by atoms with Gasteiger partial charge in [-0.25, -0.2) is 0 Å². The van der Waals surface area contributed by atoms with Gasteiger partial charge in [-0.05, 0) is 6.92 Å². The lowest BCUT2D eigenvalue weighted by Crippen LogP contribution is -2.47. The van der Waals surface area contributed by atoms with E-state index in [-0.39, 0.29) is 12.4 Å². The third-order valence-electron chi connectivity index (χ3n) is 1.98. The van der Waals surface area contributed by atoms with Crippen LogP contribution in [0, 0.1) is 0 Å². The van der Waals surface area contributed by atoms with Gasteiger partial charge in [0.2, 0.25) is 0 Å². The van der Waals surface area contributed by atoms with Gasteiger partial charge in [0.25, 0.3) is 0 Å². The number of Topliss-reactive ketones (excluding diaryl/α,β-unsaturated/α-hetero) is 1. The van der Waals surface area contributed by atoms with Gasteiger partial charge in [-0.15, -0.1) is 0 Å². The van der Waals surface area contributed by atoms with Crippen molar-refractivity contribution in [1.29, 1.82) is 0 Å². The highest BCUT2D eigenvalue weighted by Crippen LogP contribution is 2.02. The monoisotopic (exact) mass is 190 g/mol. The van der Waals surface area contributed by atoms with Crippen molar-refractivity contribution in [3.05, 3.63) is 0 Å². The molecular weight excluding hydrogens is 170 g/mol. The summed E-state index contributed by atoms with van der Waals surface area (Å²) in [6, 6.07) is 0. The predicted octanol–water partition coefficient (Wildman–Crippen LogP) is -0.605. The molecule has 0 rings (SSSR count). The Morgan fingerprint density at radius 1 is 1.46 bits per heavy atom. The lowest BCUT2D eigenvalue weighted by molar-refractivity contribution is -0.892. The fourth-order valence-corrected chi connectivity index (χ4v) is 1.18. The fourth-order valence-electron chi connectivity index (χ4n) is 1.18. The lowest BCUT2D eigenvalue weighted by atomic mass is 10.2. The Bertz CT molecular complexity index is 168. The highest BCUT2D eigenvalue weighted by molar-refractivity contribution is 5.75. The van der Waals surface area contributed by atoms with Crippen molar-refractivity contribution in [3.63, 3.8) is 0 Å². The Hall–Kier alpha value is -0.450. The number of hydrogen-bond acceptors (Lipinski definition) is 3. The minimum absolute atomic E-state index is 0.157. The van der Waals surface area contributed by atoms with Crippen LogP contribution in [-0.4, -0.2) is 60.4 Å². The van der Waals surface area contributed by atoms with Crippen LogP contribution in [0.4, 0.5) is 0 Å². The molecule has 1 atom stereocenters. The minimum atomic E-state index is -0.693. The van der Waals surface area contributed by atoms with E-state index < -0.39 is 6.10 Å². The van der Waals surface area contributed by atoms with E-state index in [1.807, 2.05) is 14.1 Å². The zero-order valence-electron chi connectivity index (χ0n) is 8.66. The highest BCUT2D eigenvalue weighted by Gasteiger charge is 2.20. The van der Waals surface area contributed by atoms with Crippen molar-refractivity contribution in [3.8, 4) is 0 Å². The maximum atomic E-state index is 10.7. The van der Waals surface area contributed by atoms with Gasteiger partial charge in [-0.3, -0.25) is 4.79 Å². The van der Waals surface area contributed by atoms with Crippen LogP contribution in [0.15, 0.2) is 0 Å². The topological polar surface area (TPSA) is 57.5 Å². The molecule has 1 unspecified atom stereocenters. The fraction of sp³-hybridized carbons (Fsp3) is 0.889. The summed E-state index contributed by atoms with van der Waals surface area (Å²) >= 11 is 0. The molecule has 0 aliphatic carbocycles. The van der Waals surface area contributed by atoms with Crippen molar-refractivity contribution in [2.75, 3.05) is 33.8 Å². The van der Waals surface area contributed by atoms with Crippen molar-refractivity contribution in [2.45, 2.75) is 19.4 Å². The van der Waals surface area contributed by atoms with Gasteiger partial charge in [0.15, 0.2) is 0 Å². The summed E-state index contributed by atoms with van der Waals surface area (Å²) in [5.41, 5.74) is 0. The summed E-state index contributed by atoms with van der Waals surface area (Å²) in [5.74, 6) is 0.157. The molecular formula is C9H20NO3+. The van der Waals surface area contributed by atoms with Gasteiger partial charge in [0, 0.05) is 0 Å². The molecule has 0 spiro atoms. The third-order valence-corrected chi connectivity index (χ3v) is 1.98. The molecule has 78 valence electrons. The standard InChI is InChI=1S/C9H20NO3/c1-8(12)4-5-10(2,3)6-9(13)7-11/h9,11,13H,4-7H2,1-3H3/q+1. The molecule has 0 saturated heterocycles. The third kappa shape index (κ3) is 6.69. The number of nitrogens with zero attached hydrogens (tertiary/aromatic N) is 1. The number of likely N-dealkylation sites (N-methyl/N-ethyl adjacent to an activating group) is 1. The summed E-state index contributed by atoms with van der Waals surface area (Å²) < 4.78 is 0.557. The number of aliphatic hydroxyl groups is 2. The average molecular weight is 190 g/mol. The number of carbonyl (C=O) groups is 1. The maximum absolute atomic E-state index is 10.7. The summed E-state index contributed by atoms with van der Waals surface area (Å²) in [6.45, 7) is 2.51. The zero-order chi connectivity index (χ0) is 10.5. The van der Waals surface area contributed by atoms with Crippen LogP contribution in [0.1, 0.15) is 13.3 Å². The largest absolute Gasteiger partial charge is 0.393 e. The van der Waals surface area contributed by atoms with Crippen LogP contribution < -0.4 is 0 Å². The first-order chi connectivity index (χ1) is 5.87. The molecule has 4 nitrogen and oxygen atoms in total. The van der Waals surface area contributed by atoms with E-state index >= 15 is 0 Å². The molecule has 0 aromatic rings. The Balaban J connectivity index is 3.85. The van der Waals surface area contributed by atoms with Gasteiger partial charge in [0.05, 0.1) is 33.7 Å². The molecule has 13 heavy (non-hydrogen) atoms. The minimum Gasteiger partial charge on any atom is -0.393 e. The molecule has 0 aromatic carbocycles. The van der Waals surface area contributed by atoms with Gasteiger partial charge >= 0.3 is 0 Å². The van der Waals surface area contributed by atoms with Crippen LogP contribution in [-0.2, 0) is 4.79 Å². The van der Waals surface area contributed by atoms with Gasteiger partial charge in [-0.2, -0.15) is 0 Å². The average Bonchev–Trinajstić information content (AvgIpc) is 2.00. The first kappa shape index (κ1) is 12.6. The SMILES string of the molecule is CC(=O)CC[N+](C)(C)CC(O)CO. The summed E-state index contributed by atoms with van der Waals surface area (Å²) in [4.78, 5) is 10.7. The summed E-state index contributed by atoms with van der Waals surface area (Å²) in [5, 5.41) is 17.9. The van der Waals surface area contributed by atoms with Crippen LogP contribution in [0.25, 0.3) is 0 Å². The molecule has 0 aromatic heterocycles. The predicted molar refractivity (Wildman–Crippen MR) is 50.2 cm³/mol. The molecule has 0 saturated carbocycles. The van der Waals surface area contributed by atoms with E-state index in [0.717, 1.165) is 0 Å². The quantitative estimate of drug-likeness (QED) is 0.550. The van der Waals surface area contributed by atoms with Crippen molar-refractivity contribution in [2.24, 2.45) is 0 Å². The molecule has 0 aliphatic rings. The van der Waals surface area contributed by atoms with Crippen LogP contribution in [0.3, 0.4) is 0 Å². The van der Waals surface area contributed by atoms with Crippen molar-refractivity contribution >= 4 is 5.78 Å².